The van der Waals surface area contributed by atoms with Crippen LogP contribution in [0.3, 0.4) is 0 Å². The van der Waals surface area contributed by atoms with Gasteiger partial charge in [0.15, 0.2) is 5.96 Å². The van der Waals surface area contributed by atoms with E-state index in [4.69, 9.17) is 0 Å². The molecule has 1 amide bonds. The molecule has 0 atom stereocenters. The highest BCUT2D eigenvalue weighted by Gasteiger charge is 2.09. The Labute approximate surface area is 131 Å². The van der Waals surface area contributed by atoms with E-state index in [9.17, 15) is 4.79 Å². The van der Waals surface area contributed by atoms with E-state index in [1.807, 2.05) is 30.3 Å². The molecule has 1 rings (SSSR count). The van der Waals surface area contributed by atoms with Gasteiger partial charge in [-0.3, -0.25) is 9.79 Å². The van der Waals surface area contributed by atoms with Crippen molar-refractivity contribution in [2.75, 3.05) is 34.7 Å². The van der Waals surface area contributed by atoms with Gasteiger partial charge in [0.1, 0.15) is 0 Å². The maximum absolute atomic E-state index is 11.5. The van der Waals surface area contributed by atoms with Crippen molar-refractivity contribution < 1.29 is 4.79 Å². The van der Waals surface area contributed by atoms with Crippen LogP contribution in [0.25, 0.3) is 0 Å². The number of hydrogen-bond donors (Lipinski definition) is 2. The first-order valence-electron chi connectivity index (χ1n) is 5.78. The molecule has 1 aromatic rings. The summed E-state index contributed by atoms with van der Waals surface area (Å²) in [6.07, 6.45) is 1.88. The van der Waals surface area contributed by atoms with Crippen molar-refractivity contribution in [3.05, 3.63) is 24.0 Å². The fourth-order valence-corrected chi connectivity index (χ4v) is 1.49. The zero-order valence-corrected chi connectivity index (χ0v) is 14.1. The third-order valence-electron chi connectivity index (χ3n) is 2.54. The SMILES string of the molecule is CN=C(NCC(=O)N(C)C)N(C)Cc1ccc[nH]1.I. The fourth-order valence-electron chi connectivity index (χ4n) is 1.49. The van der Waals surface area contributed by atoms with Crippen LogP contribution in [-0.2, 0) is 11.3 Å². The summed E-state index contributed by atoms with van der Waals surface area (Å²) in [4.78, 5) is 22.3. The minimum atomic E-state index is 0. The van der Waals surface area contributed by atoms with Gasteiger partial charge in [0, 0.05) is 40.1 Å². The molecule has 1 heterocycles. The largest absolute Gasteiger partial charge is 0.364 e. The second-order valence-electron chi connectivity index (χ2n) is 4.24. The Kier molecular flexibility index (Phi) is 8.21. The van der Waals surface area contributed by atoms with Gasteiger partial charge in [0.05, 0.1) is 13.1 Å². The van der Waals surface area contributed by atoms with Gasteiger partial charge in [-0.05, 0) is 12.1 Å². The summed E-state index contributed by atoms with van der Waals surface area (Å²) in [7, 11) is 7.09. The molecule has 2 N–H and O–H groups in total. The number of carbonyl (C=O) groups excluding carboxylic acids is 1. The van der Waals surface area contributed by atoms with Crippen molar-refractivity contribution in [2.24, 2.45) is 4.99 Å². The summed E-state index contributed by atoms with van der Waals surface area (Å²) in [5.74, 6) is 0.712. The number of aliphatic imine (C=N–C) groups is 1. The van der Waals surface area contributed by atoms with Crippen LogP contribution in [-0.4, -0.2) is 61.4 Å². The van der Waals surface area contributed by atoms with Crippen LogP contribution >= 0.6 is 24.0 Å². The molecule has 0 aromatic carbocycles. The number of carbonyl (C=O) groups is 1. The molecular weight excluding hydrogens is 357 g/mol. The molecule has 0 radical (unpaired) electrons. The van der Waals surface area contributed by atoms with Crippen LogP contribution in [0.1, 0.15) is 5.69 Å². The van der Waals surface area contributed by atoms with E-state index in [1.165, 1.54) is 0 Å². The second-order valence-corrected chi connectivity index (χ2v) is 4.24. The van der Waals surface area contributed by atoms with Gasteiger partial charge >= 0.3 is 0 Å². The molecule has 108 valence electrons. The quantitative estimate of drug-likeness (QED) is 0.461. The number of guanidine groups is 1. The van der Waals surface area contributed by atoms with E-state index in [2.05, 4.69) is 15.3 Å². The molecule has 0 aliphatic carbocycles. The lowest BCUT2D eigenvalue weighted by Gasteiger charge is -2.22. The van der Waals surface area contributed by atoms with Gasteiger partial charge < -0.3 is 20.1 Å². The van der Waals surface area contributed by atoms with Crippen LogP contribution in [0.15, 0.2) is 23.3 Å². The number of H-pyrrole nitrogens is 1. The number of nitrogens with one attached hydrogen (secondary N) is 2. The van der Waals surface area contributed by atoms with Gasteiger partial charge in [-0.25, -0.2) is 0 Å². The van der Waals surface area contributed by atoms with Crippen LogP contribution in [0.5, 0.6) is 0 Å². The monoisotopic (exact) mass is 379 g/mol. The maximum atomic E-state index is 11.5. The van der Waals surface area contributed by atoms with Gasteiger partial charge in [0.2, 0.25) is 5.91 Å². The number of amides is 1. The molecule has 0 aliphatic rings. The predicted octanol–water partition coefficient (Wildman–Crippen LogP) is 0.728. The number of aromatic nitrogens is 1. The summed E-state index contributed by atoms with van der Waals surface area (Å²) in [5.41, 5.74) is 1.10. The molecule has 7 heteroatoms. The normalized spacial score (nSPS) is 10.6. The minimum absolute atomic E-state index is 0. The number of rotatable bonds is 4. The van der Waals surface area contributed by atoms with E-state index >= 15 is 0 Å². The Morgan fingerprint density at radius 1 is 1.42 bits per heavy atom. The Balaban J connectivity index is 0.00000324. The number of likely N-dealkylation sites (N-methyl/N-ethyl adjacent to an activating group) is 1. The molecule has 0 aliphatic heterocycles. The molecule has 0 bridgehead atoms. The van der Waals surface area contributed by atoms with E-state index < -0.39 is 0 Å². The average Bonchev–Trinajstić information content (AvgIpc) is 2.82. The minimum Gasteiger partial charge on any atom is -0.364 e. The third kappa shape index (κ3) is 5.95. The maximum Gasteiger partial charge on any atom is 0.241 e. The molecule has 0 unspecified atom stereocenters. The van der Waals surface area contributed by atoms with Crippen LogP contribution in [0.2, 0.25) is 0 Å². The van der Waals surface area contributed by atoms with E-state index in [-0.39, 0.29) is 36.4 Å². The predicted molar refractivity (Wildman–Crippen MR) is 87.7 cm³/mol. The van der Waals surface area contributed by atoms with Gasteiger partial charge in [-0.1, -0.05) is 0 Å². The second kappa shape index (κ2) is 8.78. The standard InChI is InChI=1S/C12H21N5O.HI/c1-13-12(15-8-11(18)16(2)3)17(4)9-10-6-5-7-14-10;/h5-7,14H,8-9H2,1-4H3,(H,13,15);1H. The van der Waals surface area contributed by atoms with Gasteiger partial charge in [0.25, 0.3) is 0 Å². The first kappa shape index (κ1) is 17.8. The first-order valence-corrected chi connectivity index (χ1v) is 5.78. The Morgan fingerprint density at radius 2 is 2.11 bits per heavy atom. The summed E-state index contributed by atoms with van der Waals surface area (Å²) < 4.78 is 0. The number of halogens is 1. The Morgan fingerprint density at radius 3 is 2.58 bits per heavy atom. The van der Waals surface area contributed by atoms with Crippen LogP contribution in [0.4, 0.5) is 0 Å². The topological polar surface area (TPSA) is 63.7 Å². The molecular formula is C12H22IN5O. The van der Waals surface area contributed by atoms with Crippen molar-refractivity contribution in [3.8, 4) is 0 Å². The zero-order valence-electron chi connectivity index (χ0n) is 11.8. The Hall–Kier alpha value is -1.25. The molecule has 0 fully saturated rings. The van der Waals surface area contributed by atoms with Crippen LogP contribution < -0.4 is 5.32 Å². The highest BCUT2D eigenvalue weighted by Crippen LogP contribution is 1.99. The lowest BCUT2D eigenvalue weighted by Crippen LogP contribution is -2.43. The van der Waals surface area contributed by atoms with Crippen LogP contribution in [0, 0.1) is 0 Å². The average molecular weight is 379 g/mol. The molecule has 6 nitrogen and oxygen atoms in total. The van der Waals surface area contributed by atoms with Crippen molar-refractivity contribution in [1.82, 2.24) is 20.1 Å². The molecule has 0 spiro atoms. The zero-order chi connectivity index (χ0) is 13.5. The van der Waals surface area contributed by atoms with E-state index in [0.717, 1.165) is 5.69 Å². The van der Waals surface area contributed by atoms with E-state index in [0.29, 0.717) is 12.5 Å². The highest BCUT2D eigenvalue weighted by molar-refractivity contribution is 14.0. The van der Waals surface area contributed by atoms with Gasteiger partial charge in [-0.15, -0.1) is 24.0 Å². The van der Waals surface area contributed by atoms with Gasteiger partial charge in [-0.2, -0.15) is 0 Å². The van der Waals surface area contributed by atoms with Crippen molar-refractivity contribution >= 4 is 35.8 Å². The molecule has 19 heavy (non-hydrogen) atoms. The number of hydrogen-bond acceptors (Lipinski definition) is 2. The lowest BCUT2D eigenvalue weighted by atomic mass is 10.4. The summed E-state index contributed by atoms with van der Waals surface area (Å²) >= 11 is 0. The molecule has 0 saturated carbocycles. The summed E-state index contributed by atoms with van der Waals surface area (Å²) in [6.45, 7) is 0.956. The first-order chi connectivity index (χ1) is 8.54. The van der Waals surface area contributed by atoms with Crippen molar-refractivity contribution in [3.63, 3.8) is 0 Å². The molecule has 0 saturated heterocycles. The van der Waals surface area contributed by atoms with E-state index in [1.54, 1.807) is 26.0 Å². The lowest BCUT2D eigenvalue weighted by molar-refractivity contribution is -0.127. The Bertz CT molecular complexity index is 402. The summed E-state index contributed by atoms with van der Waals surface area (Å²) in [5, 5.41) is 3.03. The van der Waals surface area contributed by atoms with Crippen molar-refractivity contribution in [2.45, 2.75) is 6.54 Å². The number of aromatic amines is 1. The summed E-state index contributed by atoms with van der Waals surface area (Å²) in [6, 6.07) is 3.96. The van der Waals surface area contributed by atoms with Crippen molar-refractivity contribution in [1.29, 1.82) is 0 Å². The number of nitrogens with zero attached hydrogens (tertiary/aromatic N) is 3. The highest BCUT2D eigenvalue weighted by atomic mass is 127. The smallest absolute Gasteiger partial charge is 0.241 e. The third-order valence-corrected chi connectivity index (χ3v) is 2.54. The fraction of sp³-hybridized carbons (Fsp3) is 0.500. The molecule has 1 aromatic heterocycles.